The topological polar surface area (TPSA) is 90.9 Å². The number of nitrogens with two attached hydrogens (primary N) is 1. The number of nitrogen functional groups attached to an aromatic ring is 1. The second-order valence-corrected chi connectivity index (χ2v) is 10.3. The van der Waals surface area contributed by atoms with Gasteiger partial charge in [0.1, 0.15) is 21.2 Å². The molecule has 0 bridgehead atoms. The van der Waals surface area contributed by atoms with Crippen LogP contribution in [0.2, 0.25) is 0 Å². The molecule has 2 N–H and O–H groups in total. The molecule has 31 heavy (non-hydrogen) atoms. The zero-order valence-electron chi connectivity index (χ0n) is 18.0. The lowest BCUT2D eigenvalue weighted by molar-refractivity contribution is 0.588. The Hall–Kier alpha value is -2.93. The number of pyridine rings is 1. The lowest BCUT2D eigenvalue weighted by Gasteiger charge is -2.11. The summed E-state index contributed by atoms with van der Waals surface area (Å²) in [4.78, 5) is 9.47. The molecule has 2 aromatic heterocycles. The Kier molecular flexibility index (Phi) is 5.96. The molecule has 4 aromatic rings. The Morgan fingerprint density at radius 1 is 1.00 bits per heavy atom. The minimum absolute atomic E-state index is 0.149. The van der Waals surface area contributed by atoms with Crippen molar-refractivity contribution < 1.29 is 8.42 Å². The van der Waals surface area contributed by atoms with E-state index >= 15 is 0 Å². The number of anilines is 1. The first kappa shape index (κ1) is 21.3. The van der Waals surface area contributed by atoms with Crippen LogP contribution in [0, 0.1) is 0 Å². The summed E-state index contributed by atoms with van der Waals surface area (Å²) in [6.07, 6.45) is 4.71. The molecule has 0 unspecified atom stereocenters. The molecule has 7 heteroatoms. The number of imidazole rings is 1. The Bertz CT molecular complexity index is 1330. The zero-order valence-corrected chi connectivity index (χ0v) is 18.8. The largest absolute Gasteiger partial charge is 0.382 e. The van der Waals surface area contributed by atoms with Crippen LogP contribution >= 0.6 is 0 Å². The van der Waals surface area contributed by atoms with Gasteiger partial charge in [0.15, 0.2) is 5.82 Å². The molecule has 0 fully saturated rings. The van der Waals surface area contributed by atoms with Crippen LogP contribution in [-0.4, -0.2) is 35.0 Å². The number of fused-ring (bicyclic) bond motifs is 3. The predicted octanol–water partition coefficient (Wildman–Crippen LogP) is 4.61. The zero-order chi connectivity index (χ0) is 22.0. The summed E-state index contributed by atoms with van der Waals surface area (Å²) in [6.45, 7) is 2.73. The maximum Gasteiger partial charge on any atom is 0.152 e. The van der Waals surface area contributed by atoms with Gasteiger partial charge >= 0.3 is 0 Å². The second-order valence-electron chi connectivity index (χ2n) is 8.06. The molecule has 0 amide bonds. The average molecular weight is 437 g/mol. The van der Waals surface area contributed by atoms with Gasteiger partial charge in [-0.15, -0.1) is 0 Å². The van der Waals surface area contributed by atoms with Crippen LogP contribution in [0.15, 0.2) is 48.5 Å². The van der Waals surface area contributed by atoms with Crippen LogP contribution < -0.4 is 5.73 Å². The van der Waals surface area contributed by atoms with E-state index in [1.54, 1.807) is 0 Å². The summed E-state index contributed by atoms with van der Waals surface area (Å²) in [6, 6.07) is 16.4. The molecule has 0 aliphatic carbocycles. The monoisotopic (exact) mass is 436 g/mol. The predicted molar refractivity (Wildman–Crippen MR) is 128 cm³/mol. The van der Waals surface area contributed by atoms with E-state index in [2.05, 4.69) is 46.8 Å². The van der Waals surface area contributed by atoms with Gasteiger partial charge in [0.2, 0.25) is 0 Å². The normalized spacial score (nSPS) is 12.1. The van der Waals surface area contributed by atoms with E-state index in [0.717, 1.165) is 52.6 Å². The van der Waals surface area contributed by atoms with Crippen molar-refractivity contribution in [3.05, 3.63) is 54.4 Å². The molecule has 2 heterocycles. The highest BCUT2D eigenvalue weighted by Crippen LogP contribution is 2.32. The Balaban J connectivity index is 1.87. The van der Waals surface area contributed by atoms with Crippen LogP contribution in [0.1, 0.15) is 32.0 Å². The first-order valence-electron chi connectivity index (χ1n) is 10.7. The van der Waals surface area contributed by atoms with E-state index in [1.165, 1.54) is 6.26 Å². The van der Waals surface area contributed by atoms with Crippen molar-refractivity contribution in [3.8, 4) is 11.1 Å². The second kappa shape index (κ2) is 8.67. The maximum absolute atomic E-state index is 11.7. The molecule has 0 aliphatic rings. The molecule has 4 rings (SSSR count). The van der Waals surface area contributed by atoms with Crippen LogP contribution in [0.4, 0.5) is 5.82 Å². The Morgan fingerprint density at radius 3 is 2.48 bits per heavy atom. The number of aromatic nitrogens is 3. The van der Waals surface area contributed by atoms with Crippen LogP contribution in [0.3, 0.4) is 0 Å². The van der Waals surface area contributed by atoms with E-state index < -0.39 is 9.84 Å². The molecule has 0 spiro atoms. The van der Waals surface area contributed by atoms with Crippen molar-refractivity contribution >= 4 is 37.6 Å². The van der Waals surface area contributed by atoms with Crippen molar-refractivity contribution in [2.45, 2.75) is 39.2 Å². The molecule has 0 saturated carbocycles. The number of nitrogens with zero attached hydrogens (tertiary/aromatic N) is 3. The Labute approximate surface area is 183 Å². The quantitative estimate of drug-likeness (QED) is 0.435. The fraction of sp³-hybridized carbons (Fsp3) is 0.333. The number of aryl methyl sites for hydroxylation is 2. The molecule has 6 nitrogen and oxygen atoms in total. The highest BCUT2D eigenvalue weighted by molar-refractivity contribution is 7.90. The van der Waals surface area contributed by atoms with Crippen LogP contribution in [0.25, 0.3) is 33.1 Å². The molecule has 0 saturated heterocycles. The third-order valence-electron chi connectivity index (χ3n) is 5.54. The summed E-state index contributed by atoms with van der Waals surface area (Å²) in [5.74, 6) is 1.50. The van der Waals surface area contributed by atoms with Crippen molar-refractivity contribution in [2.24, 2.45) is 0 Å². The third-order valence-corrected chi connectivity index (χ3v) is 6.57. The highest BCUT2D eigenvalue weighted by Gasteiger charge is 2.18. The fourth-order valence-corrected chi connectivity index (χ4v) is 4.67. The van der Waals surface area contributed by atoms with E-state index in [4.69, 9.17) is 10.7 Å². The number of rotatable bonds is 8. The van der Waals surface area contributed by atoms with Gasteiger partial charge in [-0.25, -0.2) is 18.4 Å². The van der Waals surface area contributed by atoms with Gasteiger partial charge in [0, 0.05) is 24.6 Å². The smallest absolute Gasteiger partial charge is 0.152 e. The molecule has 162 valence electrons. The van der Waals surface area contributed by atoms with Gasteiger partial charge in [-0.05, 0) is 30.0 Å². The minimum Gasteiger partial charge on any atom is -0.382 e. The van der Waals surface area contributed by atoms with Crippen molar-refractivity contribution in [1.82, 2.24) is 14.5 Å². The number of hydrogen-bond donors (Lipinski definition) is 1. The van der Waals surface area contributed by atoms with Crippen LogP contribution in [0.5, 0.6) is 0 Å². The molecule has 0 aliphatic heterocycles. The van der Waals surface area contributed by atoms with E-state index in [9.17, 15) is 8.42 Å². The van der Waals surface area contributed by atoms with Gasteiger partial charge in [-0.2, -0.15) is 0 Å². The number of unbranched alkanes of at least 4 members (excludes halogenated alkanes) is 1. The molecular weight excluding hydrogens is 408 g/mol. The summed E-state index contributed by atoms with van der Waals surface area (Å²) < 4.78 is 25.5. The molecule has 0 atom stereocenters. The summed E-state index contributed by atoms with van der Waals surface area (Å²) in [7, 11) is -3.02. The van der Waals surface area contributed by atoms with Crippen LogP contribution in [-0.2, 0) is 22.8 Å². The number of hydrogen-bond acceptors (Lipinski definition) is 5. The SMILES string of the molecule is CCCCc1nc2c(N)nc3cc(-c4ccccc4)ccc3c2n1CCCS(C)(=O)=O. The van der Waals surface area contributed by atoms with Crippen molar-refractivity contribution in [1.29, 1.82) is 0 Å². The first-order chi connectivity index (χ1) is 14.9. The van der Waals surface area contributed by atoms with Gasteiger partial charge in [0.05, 0.1) is 16.8 Å². The molecule has 2 aromatic carbocycles. The van der Waals surface area contributed by atoms with Gasteiger partial charge in [0.25, 0.3) is 0 Å². The number of benzene rings is 2. The fourth-order valence-electron chi connectivity index (χ4n) is 4.02. The van der Waals surface area contributed by atoms with Crippen molar-refractivity contribution in [3.63, 3.8) is 0 Å². The van der Waals surface area contributed by atoms with Crippen molar-refractivity contribution in [2.75, 3.05) is 17.7 Å². The van der Waals surface area contributed by atoms with Gasteiger partial charge in [-0.1, -0.05) is 55.8 Å². The summed E-state index contributed by atoms with van der Waals surface area (Å²) in [5, 5.41) is 0.985. The third kappa shape index (κ3) is 4.56. The minimum atomic E-state index is -3.02. The lowest BCUT2D eigenvalue weighted by Crippen LogP contribution is -2.10. The molecular formula is C24H28N4O2S. The standard InChI is InChI=1S/C24H28N4O2S/c1-3-4-11-21-27-22-23(28(21)14-8-15-31(2,29)30)19-13-12-18(16-20(19)26-24(22)25)17-9-6-5-7-10-17/h5-7,9-10,12-13,16H,3-4,8,11,14-15H2,1-2H3,(H2,25,26). The molecule has 0 radical (unpaired) electrons. The van der Waals surface area contributed by atoms with Gasteiger partial charge in [-0.3, -0.25) is 0 Å². The maximum atomic E-state index is 11.7. The summed E-state index contributed by atoms with van der Waals surface area (Å²) in [5.41, 5.74) is 11.0. The number of sulfone groups is 1. The average Bonchev–Trinajstić information content (AvgIpc) is 3.11. The van der Waals surface area contributed by atoms with E-state index in [-0.39, 0.29) is 5.75 Å². The van der Waals surface area contributed by atoms with E-state index in [1.807, 2.05) is 18.2 Å². The highest BCUT2D eigenvalue weighted by atomic mass is 32.2. The first-order valence-corrected chi connectivity index (χ1v) is 12.7. The summed E-state index contributed by atoms with van der Waals surface area (Å²) >= 11 is 0. The van der Waals surface area contributed by atoms with E-state index in [0.29, 0.717) is 24.3 Å². The lowest BCUT2D eigenvalue weighted by atomic mass is 10.0. The van der Waals surface area contributed by atoms with Gasteiger partial charge < -0.3 is 10.3 Å². The Morgan fingerprint density at radius 2 is 1.77 bits per heavy atom.